The highest BCUT2D eigenvalue weighted by Gasteiger charge is 2.39. The number of carbonyl (C=O) groups excluding carboxylic acids is 1. The summed E-state index contributed by atoms with van der Waals surface area (Å²) in [4.78, 5) is 12.2. The fourth-order valence-corrected chi connectivity index (χ4v) is 1.37. The maximum absolute atomic E-state index is 12.7. The van der Waals surface area contributed by atoms with E-state index in [1.807, 2.05) is 27.7 Å². The summed E-state index contributed by atoms with van der Waals surface area (Å²) in [7, 11) is 0. The van der Waals surface area contributed by atoms with Crippen LogP contribution in [0.25, 0.3) is 0 Å². The number of Topliss-reactive ketones (excluding diaryl/α,β-unsaturated/α-hetero) is 1. The maximum Gasteiger partial charge on any atom is 0.144 e. The molecule has 0 bridgehead atoms. The Hall–Kier alpha value is -1.22. The van der Waals surface area contributed by atoms with E-state index >= 15 is 0 Å². The number of hydrogen-bond donors (Lipinski definition) is 1. The van der Waals surface area contributed by atoms with Crippen LogP contribution in [0, 0.1) is 11.2 Å². The molecule has 0 heterocycles. The zero-order chi connectivity index (χ0) is 13.3. The Labute approximate surface area is 102 Å². The number of nitrogens with two attached hydrogens (primary N) is 1. The van der Waals surface area contributed by atoms with Crippen molar-refractivity contribution in [3.05, 3.63) is 35.6 Å². The minimum atomic E-state index is -0.610. The van der Waals surface area contributed by atoms with Crippen LogP contribution in [-0.4, -0.2) is 11.3 Å². The topological polar surface area (TPSA) is 43.1 Å². The Kier molecular flexibility index (Phi) is 3.72. The van der Waals surface area contributed by atoms with Gasteiger partial charge in [0, 0.05) is 17.4 Å². The molecule has 1 aromatic carbocycles. The first-order valence-corrected chi connectivity index (χ1v) is 5.71. The van der Waals surface area contributed by atoms with E-state index in [1.54, 1.807) is 12.1 Å². The van der Waals surface area contributed by atoms with Crippen molar-refractivity contribution in [3.8, 4) is 0 Å². The predicted octanol–water partition coefficient (Wildman–Crippen LogP) is 2.70. The van der Waals surface area contributed by atoms with Gasteiger partial charge in [0.1, 0.15) is 11.6 Å². The van der Waals surface area contributed by atoms with Crippen molar-refractivity contribution in [2.45, 2.75) is 39.7 Å². The molecule has 0 aliphatic carbocycles. The Morgan fingerprint density at radius 3 is 2.06 bits per heavy atom. The molecule has 0 saturated heterocycles. The lowest BCUT2D eigenvalue weighted by molar-refractivity contribution is -0.129. The van der Waals surface area contributed by atoms with E-state index in [0.717, 1.165) is 5.56 Å². The number of hydrogen-bond acceptors (Lipinski definition) is 2. The lowest BCUT2D eigenvalue weighted by Crippen LogP contribution is -2.52. The van der Waals surface area contributed by atoms with Crippen molar-refractivity contribution < 1.29 is 9.18 Å². The van der Waals surface area contributed by atoms with E-state index in [4.69, 9.17) is 5.73 Å². The highest BCUT2D eigenvalue weighted by atomic mass is 19.1. The quantitative estimate of drug-likeness (QED) is 0.875. The zero-order valence-corrected chi connectivity index (χ0v) is 10.9. The van der Waals surface area contributed by atoms with Crippen molar-refractivity contribution >= 4 is 5.78 Å². The van der Waals surface area contributed by atoms with Crippen molar-refractivity contribution in [2.75, 3.05) is 0 Å². The molecule has 0 aliphatic heterocycles. The van der Waals surface area contributed by atoms with Crippen LogP contribution in [0.1, 0.15) is 33.3 Å². The SMILES string of the molecule is CC(C)(N)C(C)(C)C(=O)Cc1ccc(F)cc1. The number of benzene rings is 1. The molecule has 0 fully saturated rings. The smallest absolute Gasteiger partial charge is 0.144 e. The van der Waals surface area contributed by atoms with Crippen LogP contribution in [0.5, 0.6) is 0 Å². The summed E-state index contributed by atoms with van der Waals surface area (Å²) in [5.41, 5.74) is 5.64. The van der Waals surface area contributed by atoms with Crippen LogP contribution >= 0.6 is 0 Å². The van der Waals surface area contributed by atoms with Gasteiger partial charge in [0.05, 0.1) is 0 Å². The molecule has 0 aliphatic rings. The van der Waals surface area contributed by atoms with Crippen molar-refractivity contribution in [2.24, 2.45) is 11.1 Å². The van der Waals surface area contributed by atoms with Gasteiger partial charge in [-0.1, -0.05) is 26.0 Å². The molecule has 0 spiro atoms. The maximum atomic E-state index is 12.7. The number of ketones is 1. The molecular formula is C14H20FNO. The van der Waals surface area contributed by atoms with Gasteiger partial charge in [-0.25, -0.2) is 4.39 Å². The largest absolute Gasteiger partial charge is 0.325 e. The van der Waals surface area contributed by atoms with Gasteiger partial charge in [-0.05, 0) is 31.5 Å². The molecule has 17 heavy (non-hydrogen) atoms. The minimum Gasteiger partial charge on any atom is -0.325 e. The van der Waals surface area contributed by atoms with E-state index in [0.29, 0.717) is 0 Å². The molecule has 0 unspecified atom stereocenters. The average molecular weight is 237 g/mol. The Bertz CT molecular complexity index is 401. The Balaban J connectivity index is 2.83. The van der Waals surface area contributed by atoms with Crippen LogP contribution in [0.4, 0.5) is 4.39 Å². The summed E-state index contributed by atoms with van der Waals surface area (Å²) >= 11 is 0. The first-order chi connectivity index (χ1) is 7.64. The van der Waals surface area contributed by atoms with Crippen LogP contribution in [0.2, 0.25) is 0 Å². The number of halogens is 1. The molecule has 0 saturated carbocycles. The Morgan fingerprint density at radius 2 is 1.65 bits per heavy atom. The third kappa shape index (κ3) is 3.13. The van der Waals surface area contributed by atoms with E-state index in [2.05, 4.69) is 0 Å². The van der Waals surface area contributed by atoms with Gasteiger partial charge < -0.3 is 5.73 Å². The molecule has 1 rings (SSSR count). The summed E-state index contributed by atoms with van der Waals surface area (Å²) < 4.78 is 12.7. The number of rotatable bonds is 4. The lowest BCUT2D eigenvalue weighted by atomic mass is 9.71. The van der Waals surface area contributed by atoms with Crippen LogP contribution in [0.3, 0.4) is 0 Å². The molecule has 3 heteroatoms. The third-order valence-electron chi connectivity index (χ3n) is 3.59. The lowest BCUT2D eigenvalue weighted by Gasteiger charge is -2.37. The number of carbonyl (C=O) groups is 1. The summed E-state index contributed by atoms with van der Waals surface area (Å²) in [5, 5.41) is 0. The van der Waals surface area contributed by atoms with Crippen molar-refractivity contribution in [3.63, 3.8) is 0 Å². The van der Waals surface area contributed by atoms with Crippen molar-refractivity contribution in [1.82, 2.24) is 0 Å². The average Bonchev–Trinajstić information content (AvgIpc) is 2.19. The fourth-order valence-electron chi connectivity index (χ4n) is 1.37. The monoisotopic (exact) mass is 237 g/mol. The normalized spacial score (nSPS) is 12.6. The molecule has 0 radical (unpaired) electrons. The third-order valence-corrected chi connectivity index (χ3v) is 3.59. The second-order valence-electron chi connectivity index (χ2n) is 5.57. The molecule has 0 atom stereocenters. The molecule has 94 valence electrons. The van der Waals surface area contributed by atoms with Crippen LogP contribution < -0.4 is 5.73 Å². The van der Waals surface area contributed by atoms with E-state index < -0.39 is 11.0 Å². The molecular weight excluding hydrogens is 217 g/mol. The molecule has 2 N–H and O–H groups in total. The summed E-state index contributed by atoms with van der Waals surface area (Å²) in [5.74, 6) is -0.226. The van der Waals surface area contributed by atoms with Crippen LogP contribution in [-0.2, 0) is 11.2 Å². The molecule has 2 nitrogen and oxygen atoms in total. The van der Waals surface area contributed by atoms with E-state index in [1.165, 1.54) is 12.1 Å². The van der Waals surface area contributed by atoms with Gasteiger partial charge in [-0.15, -0.1) is 0 Å². The van der Waals surface area contributed by atoms with E-state index in [-0.39, 0.29) is 18.0 Å². The van der Waals surface area contributed by atoms with E-state index in [9.17, 15) is 9.18 Å². The fraction of sp³-hybridized carbons (Fsp3) is 0.500. The Morgan fingerprint density at radius 1 is 1.18 bits per heavy atom. The van der Waals surface area contributed by atoms with Crippen LogP contribution in [0.15, 0.2) is 24.3 Å². The van der Waals surface area contributed by atoms with Gasteiger partial charge in [0.15, 0.2) is 0 Å². The summed E-state index contributed by atoms with van der Waals surface area (Å²) in [6.45, 7) is 7.38. The molecule has 0 amide bonds. The van der Waals surface area contributed by atoms with Gasteiger partial charge in [0.2, 0.25) is 0 Å². The van der Waals surface area contributed by atoms with Gasteiger partial charge in [0.25, 0.3) is 0 Å². The second-order valence-corrected chi connectivity index (χ2v) is 5.57. The summed E-state index contributed by atoms with van der Waals surface area (Å²) in [6.07, 6.45) is 0.286. The zero-order valence-electron chi connectivity index (χ0n) is 10.9. The minimum absolute atomic E-state index is 0.0663. The standard InChI is InChI=1S/C14H20FNO/c1-13(2,14(3,4)16)12(17)9-10-5-7-11(15)8-6-10/h5-8H,9,16H2,1-4H3. The van der Waals surface area contributed by atoms with Gasteiger partial charge in [-0.2, -0.15) is 0 Å². The predicted molar refractivity (Wildman–Crippen MR) is 67.2 cm³/mol. The highest BCUT2D eigenvalue weighted by Crippen LogP contribution is 2.30. The molecule has 1 aromatic rings. The molecule has 0 aromatic heterocycles. The first kappa shape index (κ1) is 13.8. The second kappa shape index (κ2) is 4.57. The highest BCUT2D eigenvalue weighted by molar-refractivity contribution is 5.87. The van der Waals surface area contributed by atoms with Gasteiger partial charge in [-0.3, -0.25) is 4.79 Å². The summed E-state index contributed by atoms with van der Waals surface area (Å²) in [6, 6.07) is 5.99. The first-order valence-electron chi connectivity index (χ1n) is 5.71. The van der Waals surface area contributed by atoms with Gasteiger partial charge >= 0.3 is 0 Å². The van der Waals surface area contributed by atoms with Crippen molar-refractivity contribution in [1.29, 1.82) is 0 Å².